The number of hydrogen-bond donors (Lipinski definition) is 4. The average molecular weight is 242 g/mol. The molecule has 0 unspecified atom stereocenters. The molecule has 92 valence electrons. The van der Waals surface area contributed by atoms with E-state index in [0.29, 0.717) is 6.54 Å². The number of aromatic hydroxyl groups is 1. The zero-order valence-corrected chi connectivity index (χ0v) is 9.77. The molecule has 3 aromatic rings. The van der Waals surface area contributed by atoms with Crippen LogP contribution in [-0.4, -0.2) is 26.6 Å². The summed E-state index contributed by atoms with van der Waals surface area (Å²) in [5.41, 5.74) is 8.35. The van der Waals surface area contributed by atoms with Gasteiger partial charge in [0.05, 0.1) is 17.6 Å². The lowest BCUT2D eigenvalue weighted by atomic mass is 10.2. The topological polar surface area (TPSA) is 90.7 Å². The van der Waals surface area contributed by atoms with E-state index in [1.807, 2.05) is 12.1 Å². The van der Waals surface area contributed by atoms with Crippen LogP contribution in [-0.2, 0) is 6.42 Å². The predicted molar refractivity (Wildman–Crippen MR) is 70.3 cm³/mol. The Labute approximate surface area is 104 Å². The van der Waals surface area contributed by atoms with Crippen molar-refractivity contribution in [2.75, 3.05) is 6.54 Å². The van der Waals surface area contributed by atoms with Gasteiger partial charge in [0, 0.05) is 17.3 Å². The second-order valence-electron chi connectivity index (χ2n) is 4.24. The van der Waals surface area contributed by atoms with Gasteiger partial charge in [-0.25, -0.2) is 4.98 Å². The Hall–Kier alpha value is -2.27. The van der Waals surface area contributed by atoms with Crippen molar-refractivity contribution in [1.82, 2.24) is 15.0 Å². The van der Waals surface area contributed by atoms with Crippen molar-refractivity contribution in [3.05, 3.63) is 36.3 Å². The fourth-order valence-electron chi connectivity index (χ4n) is 2.03. The number of nitrogens with zero attached hydrogens (tertiary/aromatic N) is 1. The van der Waals surface area contributed by atoms with Crippen LogP contribution in [0.1, 0.15) is 5.82 Å². The van der Waals surface area contributed by atoms with Gasteiger partial charge in [0.1, 0.15) is 11.6 Å². The minimum atomic E-state index is 0.265. The maximum Gasteiger partial charge on any atom is 0.116 e. The minimum absolute atomic E-state index is 0.265. The third kappa shape index (κ3) is 1.84. The minimum Gasteiger partial charge on any atom is -0.508 e. The standard InChI is InChI=1S/C13H14N4O/c14-4-3-13-15-7-12(17-13)11-6-8-5-9(18)1-2-10(8)16-11/h1-2,5-7,16,18H,3-4,14H2,(H,15,17). The monoisotopic (exact) mass is 242 g/mol. The second kappa shape index (κ2) is 4.19. The summed E-state index contributed by atoms with van der Waals surface area (Å²) in [7, 11) is 0. The van der Waals surface area contributed by atoms with E-state index in [4.69, 9.17) is 5.73 Å². The van der Waals surface area contributed by atoms with Crippen molar-refractivity contribution in [2.45, 2.75) is 6.42 Å². The first-order valence-electron chi connectivity index (χ1n) is 5.82. The number of phenols is 1. The summed E-state index contributed by atoms with van der Waals surface area (Å²) in [6.45, 7) is 0.577. The van der Waals surface area contributed by atoms with E-state index in [9.17, 15) is 5.11 Å². The molecule has 3 rings (SSSR count). The van der Waals surface area contributed by atoms with Gasteiger partial charge >= 0.3 is 0 Å². The molecule has 5 nitrogen and oxygen atoms in total. The number of aromatic nitrogens is 3. The number of aromatic amines is 2. The van der Waals surface area contributed by atoms with Crippen molar-refractivity contribution in [1.29, 1.82) is 0 Å². The Kier molecular flexibility index (Phi) is 2.53. The number of nitrogens with two attached hydrogens (primary N) is 1. The lowest BCUT2D eigenvalue weighted by molar-refractivity contribution is 0.476. The van der Waals surface area contributed by atoms with Crippen molar-refractivity contribution in [3.63, 3.8) is 0 Å². The number of benzene rings is 1. The number of fused-ring (bicyclic) bond motifs is 1. The quantitative estimate of drug-likeness (QED) is 0.564. The predicted octanol–water partition coefficient (Wildman–Crippen LogP) is 1.76. The van der Waals surface area contributed by atoms with Crippen molar-refractivity contribution in [3.8, 4) is 17.1 Å². The zero-order chi connectivity index (χ0) is 12.5. The van der Waals surface area contributed by atoms with E-state index in [0.717, 1.165) is 34.5 Å². The Morgan fingerprint density at radius 1 is 1.17 bits per heavy atom. The van der Waals surface area contributed by atoms with E-state index in [1.54, 1.807) is 18.3 Å². The molecule has 0 spiro atoms. The van der Waals surface area contributed by atoms with Gasteiger partial charge in [-0.15, -0.1) is 0 Å². The molecule has 0 amide bonds. The molecule has 0 aliphatic carbocycles. The first kappa shape index (κ1) is 10.9. The van der Waals surface area contributed by atoms with Crippen LogP contribution < -0.4 is 5.73 Å². The van der Waals surface area contributed by atoms with Crippen LogP contribution in [0.25, 0.3) is 22.3 Å². The molecular formula is C13H14N4O. The summed E-state index contributed by atoms with van der Waals surface area (Å²) in [6, 6.07) is 7.22. The van der Waals surface area contributed by atoms with E-state index >= 15 is 0 Å². The molecule has 0 radical (unpaired) electrons. The summed E-state index contributed by atoms with van der Waals surface area (Å²) in [4.78, 5) is 10.8. The molecular weight excluding hydrogens is 228 g/mol. The van der Waals surface area contributed by atoms with Gasteiger partial charge in [-0.2, -0.15) is 0 Å². The maximum atomic E-state index is 9.44. The molecule has 2 heterocycles. The lowest BCUT2D eigenvalue weighted by Gasteiger charge is -1.92. The largest absolute Gasteiger partial charge is 0.508 e. The van der Waals surface area contributed by atoms with Crippen molar-refractivity contribution in [2.24, 2.45) is 5.73 Å². The number of phenolic OH excluding ortho intramolecular Hbond substituents is 1. The molecule has 0 atom stereocenters. The van der Waals surface area contributed by atoms with Crippen LogP contribution in [0.2, 0.25) is 0 Å². The summed E-state index contributed by atoms with van der Waals surface area (Å²) in [5.74, 6) is 1.15. The van der Waals surface area contributed by atoms with E-state index in [-0.39, 0.29) is 5.75 Å². The van der Waals surface area contributed by atoms with E-state index < -0.39 is 0 Å². The van der Waals surface area contributed by atoms with Gasteiger partial charge in [0.2, 0.25) is 0 Å². The first-order chi connectivity index (χ1) is 8.76. The van der Waals surface area contributed by atoms with Gasteiger partial charge in [-0.05, 0) is 30.8 Å². The highest BCUT2D eigenvalue weighted by Gasteiger charge is 2.07. The fourth-order valence-corrected chi connectivity index (χ4v) is 2.03. The van der Waals surface area contributed by atoms with Crippen LogP contribution in [0.5, 0.6) is 5.75 Å². The highest BCUT2D eigenvalue weighted by atomic mass is 16.3. The second-order valence-corrected chi connectivity index (χ2v) is 4.24. The third-order valence-electron chi connectivity index (χ3n) is 2.90. The van der Waals surface area contributed by atoms with Crippen LogP contribution in [0.4, 0.5) is 0 Å². The fraction of sp³-hybridized carbons (Fsp3) is 0.154. The molecule has 5 heteroatoms. The molecule has 18 heavy (non-hydrogen) atoms. The zero-order valence-electron chi connectivity index (χ0n) is 9.77. The van der Waals surface area contributed by atoms with Gasteiger partial charge < -0.3 is 20.8 Å². The summed E-state index contributed by atoms with van der Waals surface area (Å²) < 4.78 is 0. The maximum absolute atomic E-state index is 9.44. The van der Waals surface area contributed by atoms with E-state index in [1.165, 1.54) is 0 Å². The molecule has 2 aromatic heterocycles. The average Bonchev–Trinajstić information content (AvgIpc) is 2.94. The summed E-state index contributed by atoms with van der Waals surface area (Å²) in [6.07, 6.45) is 2.52. The van der Waals surface area contributed by atoms with Crippen LogP contribution in [0, 0.1) is 0 Å². The molecule has 0 bridgehead atoms. The van der Waals surface area contributed by atoms with E-state index in [2.05, 4.69) is 15.0 Å². The van der Waals surface area contributed by atoms with Crippen molar-refractivity contribution < 1.29 is 5.11 Å². The van der Waals surface area contributed by atoms with Crippen LogP contribution in [0.15, 0.2) is 30.5 Å². The number of nitrogens with one attached hydrogen (secondary N) is 2. The molecule has 5 N–H and O–H groups in total. The third-order valence-corrected chi connectivity index (χ3v) is 2.90. The van der Waals surface area contributed by atoms with Gasteiger partial charge in [-0.1, -0.05) is 0 Å². The number of H-pyrrole nitrogens is 2. The Morgan fingerprint density at radius 3 is 2.89 bits per heavy atom. The smallest absolute Gasteiger partial charge is 0.116 e. The van der Waals surface area contributed by atoms with Gasteiger partial charge in [0.25, 0.3) is 0 Å². The Bertz CT molecular complexity index is 683. The number of imidazole rings is 1. The van der Waals surface area contributed by atoms with Gasteiger partial charge in [-0.3, -0.25) is 0 Å². The highest BCUT2D eigenvalue weighted by Crippen LogP contribution is 2.25. The molecule has 0 fully saturated rings. The Morgan fingerprint density at radius 2 is 2.06 bits per heavy atom. The summed E-state index contributed by atoms with van der Waals surface area (Å²) in [5, 5.41) is 10.4. The van der Waals surface area contributed by atoms with Gasteiger partial charge in [0.15, 0.2) is 0 Å². The highest BCUT2D eigenvalue weighted by molar-refractivity contribution is 5.86. The normalized spacial score (nSPS) is 11.2. The molecule has 0 aliphatic rings. The molecule has 0 saturated heterocycles. The number of hydrogen-bond acceptors (Lipinski definition) is 3. The first-order valence-corrected chi connectivity index (χ1v) is 5.82. The SMILES string of the molecule is NCCc1ncc(-c2cc3cc(O)ccc3[nH]2)[nH]1. The lowest BCUT2D eigenvalue weighted by Crippen LogP contribution is -2.03. The summed E-state index contributed by atoms with van der Waals surface area (Å²) >= 11 is 0. The molecule has 1 aromatic carbocycles. The van der Waals surface area contributed by atoms with Crippen LogP contribution in [0.3, 0.4) is 0 Å². The molecule has 0 saturated carbocycles. The number of rotatable bonds is 3. The van der Waals surface area contributed by atoms with Crippen LogP contribution >= 0.6 is 0 Å². The molecule has 0 aliphatic heterocycles. The van der Waals surface area contributed by atoms with Crippen molar-refractivity contribution >= 4 is 10.9 Å². The Balaban J connectivity index is 2.02.